The average Bonchev–Trinajstić information content (AvgIpc) is 2.47. The van der Waals surface area contributed by atoms with Crippen molar-refractivity contribution in [1.82, 2.24) is 9.34 Å². The highest BCUT2D eigenvalue weighted by molar-refractivity contribution is 7.33. The standard InChI is InChI=1S/C10H13N2P/c1-11-8-10(12(2)13-11)9-6-4-3-5-7-9/h3-8,13H,1-2H3. The fourth-order valence-corrected chi connectivity index (χ4v) is 2.41. The zero-order valence-electron chi connectivity index (χ0n) is 7.86. The molecule has 0 bridgehead atoms. The molecule has 1 aliphatic heterocycles. The summed E-state index contributed by atoms with van der Waals surface area (Å²) in [5, 5.41) is 0. The zero-order valence-corrected chi connectivity index (χ0v) is 8.86. The Morgan fingerprint density at radius 2 is 1.77 bits per heavy atom. The molecule has 1 aromatic carbocycles. The van der Waals surface area contributed by atoms with Gasteiger partial charge in [0.1, 0.15) is 0 Å². The molecular weight excluding hydrogens is 179 g/mol. The number of hydrogen-bond donors (Lipinski definition) is 0. The molecule has 1 heterocycles. The molecule has 13 heavy (non-hydrogen) atoms. The molecule has 0 saturated heterocycles. The van der Waals surface area contributed by atoms with Gasteiger partial charge in [-0.1, -0.05) is 30.3 Å². The Morgan fingerprint density at radius 3 is 2.31 bits per heavy atom. The molecule has 0 fully saturated rings. The van der Waals surface area contributed by atoms with Crippen LogP contribution >= 0.6 is 8.88 Å². The van der Waals surface area contributed by atoms with E-state index in [4.69, 9.17) is 0 Å². The molecule has 1 aliphatic rings. The normalized spacial score (nSPS) is 18.2. The quantitative estimate of drug-likeness (QED) is 0.630. The second kappa shape index (κ2) is 3.39. The highest BCUT2D eigenvalue weighted by atomic mass is 31.1. The summed E-state index contributed by atoms with van der Waals surface area (Å²) >= 11 is 0. The van der Waals surface area contributed by atoms with E-state index >= 15 is 0 Å². The molecule has 0 amide bonds. The van der Waals surface area contributed by atoms with Crippen molar-refractivity contribution < 1.29 is 0 Å². The maximum absolute atomic E-state index is 2.27. The molecule has 2 rings (SSSR count). The van der Waals surface area contributed by atoms with E-state index in [2.05, 4.69) is 53.9 Å². The summed E-state index contributed by atoms with van der Waals surface area (Å²) in [7, 11) is 4.96. The summed E-state index contributed by atoms with van der Waals surface area (Å²) in [6.45, 7) is 0. The van der Waals surface area contributed by atoms with Crippen LogP contribution in [-0.4, -0.2) is 23.4 Å². The van der Waals surface area contributed by atoms with Crippen molar-refractivity contribution >= 4 is 14.6 Å². The van der Waals surface area contributed by atoms with Gasteiger partial charge in [-0.2, -0.15) is 0 Å². The van der Waals surface area contributed by atoms with Crippen molar-refractivity contribution in [2.45, 2.75) is 0 Å². The SMILES string of the molecule is CN1C=C(c2ccccc2)N(C)P1. The summed E-state index contributed by atoms with van der Waals surface area (Å²) < 4.78 is 4.48. The molecule has 2 nitrogen and oxygen atoms in total. The molecular formula is C10H13N2P. The largest absolute Gasteiger partial charge is 0.344 e. The topological polar surface area (TPSA) is 6.48 Å². The minimum absolute atomic E-state index is 0.736. The van der Waals surface area contributed by atoms with Crippen LogP contribution in [0.3, 0.4) is 0 Å². The molecule has 3 heteroatoms. The number of hydrogen-bond acceptors (Lipinski definition) is 2. The first-order valence-electron chi connectivity index (χ1n) is 4.27. The van der Waals surface area contributed by atoms with Crippen molar-refractivity contribution in [3.05, 3.63) is 42.1 Å². The lowest BCUT2D eigenvalue weighted by Crippen LogP contribution is -2.01. The molecule has 1 aromatic rings. The van der Waals surface area contributed by atoms with Crippen LogP contribution in [0.2, 0.25) is 0 Å². The third-order valence-corrected chi connectivity index (χ3v) is 3.04. The lowest BCUT2D eigenvalue weighted by molar-refractivity contribution is 0.741. The van der Waals surface area contributed by atoms with Gasteiger partial charge in [0, 0.05) is 20.3 Å². The van der Waals surface area contributed by atoms with Gasteiger partial charge in [-0.15, -0.1) is 0 Å². The van der Waals surface area contributed by atoms with E-state index < -0.39 is 0 Å². The number of nitrogens with zero attached hydrogens (tertiary/aromatic N) is 2. The summed E-state index contributed by atoms with van der Waals surface area (Å²) in [5.74, 6) is 0. The van der Waals surface area contributed by atoms with Crippen LogP contribution in [0, 0.1) is 0 Å². The summed E-state index contributed by atoms with van der Waals surface area (Å²) in [6, 6.07) is 10.5. The van der Waals surface area contributed by atoms with E-state index in [0.717, 1.165) is 8.88 Å². The minimum Gasteiger partial charge on any atom is -0.344 e. The molecule has 0 saturated carbocycles. The Bertz CT molecular complexity index is 321. The Kier molecular flexibility index (Phi) is 2.24. The zero-order chi connectivity index (χ0) is 9.26. The molecule has 0 spiro atoms. The Balaban J connectivity index is 2.32. The van der Waals surface area contributed by atoms with Crippen LogP contribution in [0.5, 0.6) is 0 Å². The lowest BCUT2D eigenvalue weighted by atomic mass is 10.2. The number of benzene rings is 1. The maximum Gasteiger partial charge on any atom is 0.0789 e. The van der Waals surface area contributed by atoms with Crippen LogP contribution in [0.15, 0.2) is 36.5 Å². The van der Waals surface area contributed by atoms with E-state index in [1.807, 2.05) is 6.07 Å². The van der Waals surface area contributed by atoms with Gasteiger partial charge in [0.05, 0.1) is 14.6 Å². The first-order valence-corrected chi connectivity index (χ1v) is 5.17. The van der Waals surface area contributed by atoms with E-state index in [1.54, 1.807) is 0 Å². The van der Waals surface area contributed by atoms with Gasteiger partial charge >= 0.3 is 0 Å². The van der Waals surface area contributed by atoms with Crippen LogP contribution in [0.25, 0.3) is 5.70 Å². The van der Waals surface area contributed by atoms with Gasteiger partial charge < -0.3 is 9.34 Å². The highest BCUT2D eigenvalue weighted by Gasteiger charge is 2.15. The van der Waals surface area contributed by atoms with Crippen LogP contribution in [-0.2, 0) is 0 Å². The van der Waals surface area contributed by atoms with E-state index in [0.29, 0.717) is 0 Å². The molecule has 1 atom stereocenters. The Labute approximate surface area is 80.7 Å². The first kappa shape index (κ1) is 8.58. The maximum atomic E-state index is 2.27. The molecule has 0 aromatic heterocycles. The molecule has 68 valence electrons. The second-order valence-corrected chi connectivity index (χ2v) is 4.73. The van der Waals surface area contributed by atoms with E-state index in [-0.39, 0.29) is 0 Å². The first-order chi connectivity index (χ1) is 6.27. The Hall–Kier alpha value is -1.01. The lowest BCUT2D eigenvalue weighted by Gasteiger charge is -2.15. The predicted octanol–water partition coefficient (Wildman–Crippen LogP) is 2.37. The molecule has 1 unspecified atom stereocenters. The van der Waals surface area contributed by atoms with E-state index in [9.17, 15) is 0 Å². The molecule has 0 radical (unpaired) electrons. The fourth-order valence-electron chi connectivity index (χ4n) is 1.47. The van der Waals surface area contributed by atoms with Crippen molar-refractivity contribution in [3.8, 4) is 0 Å². The third-order valence-electron chi connectivity index (χ3n) is 2.05. The summed E-state index contributed by atoms with van der Waals surface area (Å²) in [4.78, 5) is 0. The van der Waals surface area contributed by atoms with Gasteiger partial charge in [0.2, 0.25) is 0 Å². The van der Waals surface area contributed by atoms with Gasteiger partial charge in [-0.3, -0.25) is 0 Å². The smallest absolute Gasteiger partial charge is 0.0789 e. The van der Waals surface area contributed by atoms with Gasteiger partial charge in [0.25, 0.3) is 0 Å². The van der Waals surface area contributed by atoms with Crippen molar-refractivity contribution in [1.29, 1.82) is 0 Å². The Morgan fingerprint density at radius 1 is 1.08 bits per heavy atom. The number of rotatable bonds is 1. The summed E-state index contributed by atoms with van der Waals surface area (Å²) in [5.41, 5.74) is 2.60. The van der Waals surface area contributed by atoms with Gasteiger partial charge in [-0.05, 0) is 5.56 Å². The average molecular weight is 192 g/mol. The van der Waals surface area contributed by atoms with E-state index in [1.165, 1.54) is 11.3 Å². The highest BCUT2D eigenvalue weighted by Crippen LogP contribution is 2.37. The van der Waals surface area contributed by atoms with Crippen molar-refractivity contribution in [2.75, 3.05) is 14.1 Å². The van der Waals surface area contributed by atoms with Gasteiger partial charge in [0.15, 0.2) is 0 Å². The molecule has 0 aliphatic carbocycles. The van der Waals surface area contributed by atoms with Crippen molar-refractivity contribution in [2.24, 2.45) is 0 Å². The van der Waals surface area contributed by atoms with Crippen LogP contribution in [0.1, 0.15) is 5.56 Å². The summed E-state index contributed by atoms with van der Waals surface area (Å²) in [6.07, 6.45) is 2.19. The monoisotopic (exact) mass is 192 g/mol. The molecule has 0 N–H and O–H groups in total. The van der Waals surface area contributed by atoms with Gasteiger partial charge in [-0.25, -0.2) is 0 Å². The predicted molar refractivity (Wildman–Crippen MR) is 58.3 cm³/mol. The van der Waals surface area contributed by atoms with Crippen LogP contribution in [0.4, 0.5) is 0 Å². The third kappa shape index (κ3) is 1.68. The van der Waals surface area contributed by atoms with Crippen LogP contribution < -0.4 is 0 Å². The minimum atomic E-state index is 0.736. The van der Waals surface area contributed by atoms with Crippen molar-refractivity contribution in [3.63, 3.8) is 0 Å². The fraction of sp³-hybridized carbons (Fsp3) is 0.200. The second-order valence-electron chi connectivity index (χ2n) is 3.15.